The average Bonchev–Trinajstić information content (AvgIpc) is 2.56. The van der Waals surface area contributed by atoms with Crippen LogP contribution in [0.2, 0.25) is 0 Å². The van der Waals surface area contributed by atoms with Crippen molar-refractivity contribution in [2.75, 3.05) is 6.54 Å². The van der Waals surface area contributed by atoms with Gasteiger partial charge in [0, 0.05) is 24.6 Å². The SMILES string of the molecule is CC[C@H]1CN[C@@H](C)C[C@@H]1Oc1ccc(OC(C)C)cn1.O=C(O)C(F)(F)F. The van der Waals surface area contributed by atoms with Gasteiger partial charge in [-0.3, -0.25) is 0 Å². The molecule has 1 aliphatic rings. The molecule has 3 atom stereocenters. The van der Waals surface area contributed by atoms with Crippen LogP contribution in [0.3, 0.4) is 0 Å². The fourth-order valence-corrected chi connectivity index (χ4v) is 2.59. The molecule has 6 nitrogen and oxygen atoms in total. The van der Waals surface area contributed by atoms with Gasteiger partial charge in [-0.1, -0.05) is 6.92 Å². The minimum Gasteiger partial charge on any atom is -0.489 e. The Labute approximate surface area is 157 Å². The summed E-state index contributed by atoms with van der Waals surface area (Å²) in [6.07, 6.45) is -0.775. The molecular formula is C18H27F3N2O4. The van der Waals surface area contributed by atoms with Crippen LogP contribution in [0.4, 0.5) is 13.2 Å². The van der Waals surface area contributed by atoms with Gasteiger partial charge >= 0.3 is 12.1 Å². The van der Waals surface area contributed by atoms with Crippen LogP contribution in [0.15, 0.2) is 18.3 Å². The highest BCUT2D eigenvalue weighted by molar-refractivity contribution is 5.73. The summed E-state index contributed by atoms with van der Waals surface area (Å²) < 4.78 is 43.4. The number of nitrogens with zero attached hydrogens (tertiary/aromatic N) is 1. The van der Waals surface area contributed by atoms with Crippen LogP contribution < -0.4 is 14.8 Å². The summed E-state index contributed by atoms with van der Waals surface area (Å²) in [4.78, 5) is 13.2. The number of carbonyl (C=O) groups is 1. The van der Waals surface area contributed by atoms with Gasteiger partial charge in [0.25, 0.3) is 0 Å². The number of rotatable bonds is 5. The topological polar surface area (TPSA) is 80.7 Å². The molecule has 1 saturated heterocycles. The molecule has 0 saturated carbocycles. The predicted octanol–water partition coefficient (Wildman–Crippen LogP) is 3.66. The Kier molecular flexibility index (Phi) is 8.81. The smallest absolute Gasteiger partial charge is 0.489 e. The number of nitrogens with one attached hydrogen (secondary N) is 1. The Hall–Kier alpha value is -2.03. The fraction of sp³-hybridized carbons (Fsp3) is 0.667. The molecule has 2 heterocycles. The highest BCUT2D eigenvalue weighted by atomic mass is 19.4. The first kappa shape index (κ1) is 23.0. The van der Waals surface area contributed by atoms with E-state index in [9.17, 15) is 13.2 Å². The summed E-state index contributed by atoms with van der Waals surface area (Å²) in [5.41, 5.74) is 0. The quantitative estimate of drug-likeness (QED) is 0.796. The van der Waals surface area contributed by atoms with Crippen molar-refractivity contribution in [1.82, 2.24) is 10.3 Å². The van der Waals surface area contributed by atoms with Crippen LogP contribution in [0.1, 0.15) is 40.5 Å². The van der Waals surface area contributed by atoms with Gasteiger partial charge in [0.2, 0.25) is 5.88 Å². The fourth-order valence-electron chi connectivity index (χ4n) is 2.59. The van der Waals surface area contributed by atoms with Gasteiger partial charge in [-0.2, -0.15) is 13.2 Å². The number of piperidine rings is 1. The van der Waals surface area contributed by atoms with Crippen LogP contribution in [-0.2, 0) is 4.79 Å². The van der Waals surface area contributed by atoms with Gasteiger partial charge in [-0.05, 0) is 39.7 Å². The van der Waals surface area contributed by atoms with E-state index in [1.54, 1.807) is 6.20 Å². The molecule has 0 bridgehead atoms. The van der Waals surface area contributed by atoms with Crippen molar-refractivity contribution >= 4 is 5.97 Å². The molecule has 1 aromatic heterocycles. The third-order valence-electron chi connectivity index (χ3n) is 3.96. The summed E-state index contributed by atoms with van der Waals surface area (Å²) in [5, 5.41) is 10.6. The van der Waals surface area contributed by atoms with Crippen molar-refractivity contribution in [3.05, 3.63) is 18.3 Å². The number of aliphatic carboxylic acids is 1. The molecule has 154 valence electrons. The van der Waals surface area contributed by atoms with Crippen LogP contribution >= 0.6 is 0 Å². The third kappa shape index (κ3) is 8.47. The first-order valence-corrected chi connectivity index (χ1v) is 8.85. The number of hydrogen-bond donors (Lipinski definition) is 2. The van der Waals surface area contributed by atoms with E-state index in [4.69, 9.17) is 19.4 Å². The number of aromatic nitrogens is 1. The molecule has 1 fully saturated rings. The standard InChI is InChI=1S/C16H26N2O2.C2HF3O2/c1-5-13-9-17-12(4)8-15(13)20-16-7-6-14(10-18-16)19-11(2)3;3-2(4,5)1(6)7/h6-7,10-13,15,17H,5,8-9H2,1-4H3;(H,6,7)/t12-,13-,15-;/m0./s1. The number of carboxylic acids is 1. The molecular weight excluding hydrogens is 365 g/mol. The molecule has 0 unspecified atom stereocenters. The zero-order chi connectivity index (χ0) is 20.6. The maximum Gasteiger partial charge on any atom is 0.490 e. The first-order chi connectivity index (χ1) is 12.5. The number of ether oxygens (including phenoxy) is 2. The van der Waals surface area contributed by atoms with Crippen molar-refractivity contribution in [3.8, 4) is 11.6 Å². The number of hydrogen-bond acceptors (Lipinski definition) is 5. The van der Waals surface area contributed by atoms with E-state index >= 15 is 0 Å². The summed E-state index contributed by atoms with van der Waals surface area (Å²) in [5.74, 6) is -0.719. The van der Waals surface area contributed by atoms with E-state index in [-0.39, 0.29) is 12.2 Å². The molecule has 0 aliphatic carbocycles. The zero-order valence-electron chi connectivity index (χ0n) is 15.9. The number of alkyl halides is 3. The summed E-state index contributed by atoms with van der Waals surface area (Å²) in [6, 6.07) is 4.33. The van der Waals surface area contributed by atoms with Crippen LogP contribution in [0.5, 0.6) is 11.6 Å². The van der Waals surface area contributed by atoms with Gasteiger partial charge in [0.15, 0.2) is 0 Å². The molecule has 2 N–H and O–H groups in total. The van der Waals surface area contributed by atoms with Gasteiger partial charge < -0.3 is 19.9 Å². The normalized spacial score (nSPS) is 22.6. The van der Waals surface area contributed by atoms with Crippen LogP contribution in [-0.4, -0.2) is 47.0 Å². The van der Waals surface area contributed by atoms with Crippen molar-refractivity contribution in [1.29, 1.82) is 0 Å². The molecule has 27 heavy (non-hydrogen) atoms. The maximum absolute atomic E-state index is 10.6. The largest absolute Gasteiger partial charge is 0.490 e. The molecule has 0 amide bonds. The Morgan fingerprint density at radius 1 is 1.41 bits per heavy atom. The lowest BCUT2D eigenvalue weighted by Gasteiger charge is -2.35. The first-order valence-electron chi connectivity index (χ1n) is 8.85. The lowest BCUT2D eigenvalue weighted by Crippen LogP contribution is -2.47. The second kappa shape index (κ2) is 10.3. The third-order valence-corrected chi connectivity index (χ3v) is 3.96. The summed E-state index contributed by atoms with van der Waals surface area (Å²) >= 11 is 0. The molecule has 9 heteroatoms. The molecule has 2 rings (SSSR count). The summed E-state index contributed by atoms with van der Waals surface area (Å²) in [7, 11) is 0. The van der Waals surface area contributed by atoms with E-state index in [0.29, 0.717) is 17.8 Å². The lowest BCUT2D eigenvalue weighted by molar-refractivity contribution is -0.192. The van der Waals surface area contributed by atoms with Crippen molar-refractivity contribution in [2.24, 2.45) is 5.92 Å². The molecule has 1 aromatic rings. The van der Waals surface area contributed by atoms with Gasteiger partial charge in [-0.15, -0.1) is 0 Å². The Morgan fingerprint density at radius 2 is 2.04 bits per heavy atom. The molecule has 0 radical (unpaired) electrons. The number of halogens is 3. The van der Waals surface area contributed by atoms with E-state index in [0.717, 1.165) is 25.1 Å². The second-order valence-corrected chi connectivity index (χ2v) is 6.67. The van der Waals surface area contributed by atoms with Crippen molar-refractivity contribution in [3.63, 3.8) is 0 Å². The van der Waals surface area contributed by atoms with Gasteiger partial charge in [0.05, 0.1) is 12.3 Å². The van der Waals surface area contributed by atoms with Crippen molar-refractivity contribution < 1.29 is 32.5 Å². The summed E-state index contributed by atoms with van der Waals surface area (Å²) in [6.45, 7) is 9.46. The Bertz CT molecular complexity index is 579. The van der Waals surface area contributed by atoms with Crippen molar-refractivity contribution in [2.45, 2.75) is 65.0 Å². The molecule has 0 aromatic carbocycles. The number of carboxylic acid groups (broad SMARTS) is 1. The van der Waals surface area contributed by atoms with E-state index in [2.05, 4.69) is 24.1 Å². The molecule has 0 spiro atoms. The minimum atomic E-state index is -5.08. The van der Waals surface area contributed by atoms with E-state index < -0.39 is 12.1 Å². The second-order valence-electron chi connectivity index (χ2n) is 6.67. The monoisotopic (exact) mass is 392 g/mol. The zero-order valence-corrected chi connectivity index (χ0v) is 15.9. The van der Waals surface area contributed by atoms with Crippen LogP contribution in [0, 0.1) is 5.92 Å². The minimum absolute atomic E-state index is 0.165. The number of pyridine rings is 1. The van der Waals surface area contributed by atoms with Gasteiger partial charge in [-0.25, -0.2) is 9.78 Å². The van der Waals surface area contributed by atoms with Crippen LogP contribution in [0.25, 0.3) is 0 Å². The maximum atomic E-state index is 10.6. The Morgan fingerprint density at radius 3 is 2.48 bits per heavy atom. The molecule has 1 aliphatic heterocycles. The highest BCUT2D eigenvalue weighted by Gasteiger charge is 2.38. The lowest BCUT2D eigenvalue weighted by atomic mass is 9.90. The average molecular weight is 392 g/mol. The predicted molar refractivity (Wildman–Crippen MR) is 94.0 cm³/mol. The highest BCUT2D eigenvalue weighted by Crippen LogP contribution is 2.24. The Balaban J connectivity index is 0.000000445. The van der Waals surface area contributed by atoms with E-state index in [1.165, 1.54) is 0 Å². The van der Waals surface area contributed by atoms with Gasteiger partial charge in [0.1, 0.15) is 11.9 Å². The van der Waals surface area contributed by atoms with E-state index in [1.807, 2.05) is 26.0 Å².